The summed E-state index contributed by atoms with van der Waals surface area (Å²) in [6.45, 7) is 4.77. The van der Waals surface area contributed by atoms with Crippen molar-refractivity contribution in [1.82, 2.24) is 29.7 Å². The van der Waals surface area contributed by atoms with Gasteiger partial charge in [0, 0.05) is 131 Å². The number of hydrogen-bond acceptors (Lipinski definition) is 10. The van der Waals surface area contributed by atoms with Crippen molar-refractivity contribution in [3.63, 3.8) is 0 Å². The maximum atomic E-state index is 12.5. The summed E-state index contributed by atoms with van der Waals surface area (Å²) in [4.78, 5) is 68.9. The Hall–Kier alpha value is -6.90. The van der Waals surface area contributed by atoms with Gasteiger partial charge in [-0.25, -0.2) is 9.97 Å². The number of amides is 2. The van der Waals surface area contributed by atoms with E-state index in [0.717, 1.165) is 44.5 Å². The summed E-state index contributed by atoms with van der Waals surface area (Å²) in [6, 6.07) is 20.4. The van der Waals surface area contributed by atoms with Crippen molar-refractivity contribution in [2.75, 3.05) is 27.3 Å². The lowest BCUT2D eigenvalue weighted by molar-refractivity contribution is -0.122. The molecule has 64 heavy (non-hydrogen) atoms. The number of benzene rings is 2. The van der Waals surface area contributed by atoms with Gasteiger partial charge in [0.1, 0.15) is 0 Å². The van der Waals surface area contributed by atoms with E-state index in [1.165, 1.54) is 9.13 Å². The molecule has 4 aromatic heterocycles. The molecular formula is C48H46Cl2N8O6. The molecule has 0 aliphatic carbocycles. The molecule has 0 spiro atoms. The van der Waals surface area contributed by atoms with Crippen LogP contribution in [0.15, 0.2) is 117 Å². The zero-order valence-electron chi connectivity index (χ0n) is 36.1. The van der Waals surface area contributed by atoms with Crippen LogP contribution in [0.25, 0.3) is 22.3 Å². The van der Waals surface area contributed by atoms with Gasteiger partial charge in [-0.05, 0) is 49.2 Å². The molecule has 0 bridgehead atoms. The molecule has 6 aromatic rings. The van der Waals surface area contributed by atoms with E-state index in [-0.39, 0.29) is 35.8 Å². The first-order chi connectivity index (χ1) is 30.8. The third-order valence-corrected chi connectivity index (χ3v) is 11.3. The largest absolute Gasteiger partial charge is 0.481 e. The maximum absolute atomic E-state index is 12.5. The number of fused-ring (bicyclic) bond motifs is 6. The van der Waals surface area contributed by atoms with E-state index in [1.807, 2.05) is 50.2 Å². The molecule has 2 aromatic carbocycles. The summed E-state index contributed by atoms with van der Waals surface area (Å²) in [7, 11) is 6.51. The van der Waals surface area contributed by atoms with Crippen molar-refractivity contribution in [3.05, 3.63) is 162 Å². The topological polar surface area (TPSA) is 171 Å². The van der Waals surface area contributed by atoms with Gasteiger partial charge in [0.05, 0.1) is 50.6 Å². The van der Waals surface area contributed by atoms with Crippen molar-refractivity contribution in [3.8, 4) is 34.0 Å². The van der Waals surface area contributed by atoms with E-state index in [2.05, 4.69) is 20.6 Å². The van der Waals surface area contributed by atoms with E-state index in [1.54, 1.807) is 89.5 Å². The molecular weight excluding hydrogens is 855 g/mol. The molecule has 328 valence electrons. The Kier molecular flexibility index (Phi) is 13.9. The smallest absolute Gasteiger partial charge is 0.250 e. The van der Waals surface area contributed by atoms with Crippen LogP contribution in [0.4, 0.5) is 0 Å². The Morgan fingerprint density at radius 2 is 0.969 bits per heavy atom. The van der Waals surface area contributed by atoms with Gasteiger partial charge in [-0.15, -0.1) is 0 Å². The fraction of sp³-hybridized carbons (Fsp3) is 0.250. The minimum absolute atomic E-state index is 0.115. The van der Waals surface area contributed by atoms with E-state index < -0.39 is 12.1 Å². The second-order valence-corrected chi connectivity index (χ2v) is 15.9. The van der Waals surface area contributed by atoms with Crippen LogP contribution in [0, 0.1) is 0 Å². The van der Waals surface area contributed by atoms with Crippen molar-refractivity contribution >= 4 is 46.4 Å². The van der Waals surface area contributed by atoms with Crippen molar-refractivity contribution in [2.45, 2.75) is 38.8 Å². The van der Waals surface area contributed by atoms with Crippen molar-refractivity contribution < 1.29 is 19.1 Å². The zero-order valence-corrected chi connectivity index (χ0v) is 37.6. The fourth-order valence-electron chi connectivity index (χ4n) is 7.67. The lowest BCUT2D eigenvalue weighted by Gasteiger charge is -2.16. The molecule has 2 amide bonds. The summed E-state index contributed by atoms with van der Waals surface area (Å²) in [5.41, 5.74) is 8.91. The molecule has 0 saturated heterocycles. The maximum Gasteiger partial charge on any atom is 0.250 e. The molecule has 8 rings (SSSR count). The number of ether oxygens (including phenoxy) is 2. The van der Waals surface area contributed by atoms with Gasteiger partial charge in [0.15, 0.2) is 0 Å². The Labute approximate surface area is 379 Å². The van der Waals surface area contributed by atoms with Gasteiger partial charge in [0.2, 0.25) is 23.6 Å². The van der Waals surface area contributed by atoms with Crippen LogP contribution in [0.3, 0.4) is 0 Å². The molecule has 6 heterocycles. The summed E-state index contributed by atoms with van der Waals surface area (Å²) >= 11 is 12.2. The molecule has 2 aliphatic heterocycles. The van der Waals surface area contributed by atoms with Gasteiger partial charge in [-0.3, -0.25) is 29.2 Å². The van der Waals surface area contributed by atoms with Crippen LogP contribution in [0.1, 0.15) is 72.2 Å². The number of aryl methyl sites for hydroxylation is 2. The highest BCUT2D eigenvalue weighted by Gasteiger charge is 2.30. The summed E-state index contributed by atoms with van der Waals surface area (Å²) in [6.07, 6.45) is 7.22. The zero-order chi connectivity index (χ0) is 45.7. The van der Waals surface area contributed by atoms with Crippen LogP contribution in [-0.4, -0.2) is 69.6 Å². The number of carbonyl (C=O) groups is 2. The van der Waals surface area contributed by atoms with Gasteiger partial charge in [0.25, 0.3) is 11.1 Å². The first-order valence-electron chi connectivity index (χ1n) is 20.5. The molecule has 0 fully saturated rings. The Balaban J connectivity index is 0.000000191. The quantitative estimate of drug-likeness (QED) is 0.147. The number of nitrogens with zero attached hydrogens (tertiary/aromatic N) is 6. The average Bonchev–Trinajstić information content (AvgIpc) is 3.48. The third kappa shape index (κ3) is 9.68. The predicted molar refractivity (Wildman–Crippen MR) is 249 cm³/mol. The highest BCUT2D eigenvalue weighted by atomic mass is 35.5. The second-order valence-electron chi connectivity index (χ2n) is 15.0. The normalized spacial score (nSPS) is 14.6. The average molecular weight is 902 g/mol. The van der Waals surface area contributed by atoms with Crippen LogP contribution < -0.4 is 31.2 Å². The number of methoxy groups -OCH3 is 2. The Morgan fingerprint density at radius 1 is 0.594 bits per heavy atom. The molecule has 0 radical (unpaired) electrons. The number of aromatic nitrogens is 4. The van der Waals surface area contributed by atoms with Gasteiger partial charge >= 0.3 is 0 Å². The van der Waals surface area contributed by atoms with Gasteiger partial charge < -0.3 is 29.2 Å². The van der Waals surface area contributed by atoms with E-state index in [4.69, 9.17) is 42.7 Å². The van der Waals surface area contributed by atoms with Gasteiger partial charge in [-0.1, -0.05) is 47.5 Å². The second kappa shape index (κ2) is 19.7. The lowest BCUT2D eigenvalue weighted by Crippen LogP contribution is -2.25. The number of aliphatic imine (C=N–C) groups is 2. The SMILES string of the molecule is CCNC(=O)C[C@@H]1N=C(c2ccc(Cl)cc2)c2cc(OC)ncc2-c2cn(C)c(=O)cc21.CCNC(=O)C[C@H]1N=C(c2ccc(Cl)cc2)c2cc(OC)ncc2-c2cn(C)c(=O)cc21. The first kappa shape index (κ1) is 45.1. The molecule has 0 saturated carbocycles. The Bertz CT molecular complexity index is 2730. The molecule has 2 atom stereocenters. The number of nitrogens with one attached hydrogen (secondary N) is 2. The van der Waals surface area contributed by atoms with Crippen LogP contribution in [-0.2, 0) is 23.7 Å². The number of carbonyl (C=O) groups excluding carboxylic acids is 2. The summed E-state index contributed by atoms with van der Waals surface area (Å²) in [5.74, 6) is 0.618. The molecule has 14 nitrogen and oxygen atoms in total. The third-order valence-electron chi connectivity index (χ3n) is 10.8. The van der Waals surface area contributed by atoms with Crippen molar-refractivity contribution in [2.24, 2.45) is 24.1 Å². The van der Waals surface area contributed by atoms with Gasteiger partial charge in [-0.2, -0.15) is 0 Å². The summed E-state index contributed by atoms with van der Waals surface area (Å²) in [5, 5.41) is 6.88. The highest BCUT2D eigenvalue weighted by Crippen LogP contribution is 2.41. The monoisotopic (exact) mass is 900 g/mol. The van der Waals surface area contributed by atoms with E-state index >= 15 is 0 Å². The molecule has 0 unspecified atom stereocenters. The van der Waals surface area contributed by atoms with Crippen LogP contribution in [0.2, 0.25) is 10.0 Å². The number of halogens is 2. The van der Waals surface area contributed by atoms with Crippen LogP contribution >= 0.6 is 23.2 Å². The van der Waals surface area contributed by atoms with E-state index in [0.29, 0.717) is 57.4 Å². The minimum atomic E-state index is -0.547. The standard InChI is InChI=1S/2C24H23ClN4O3/c2*1-4-26-21(30)11-20-16-10-23(31)29(2)13-19(16)18-12-27-22(32-3)9-17(18)24(28-20)14-5-7-15(25)8-6-14/h2*5-10,12-13,20H,4,11H2,1-3H3,(H,26,30)/t2*20-/m10/s1. The minimum Gasteiger partial charge on any atom is -0.481 e. The number of pyridine rings is 4. The van der Waals surface area contributed by atoms with Crippen molar-refractivity contribution in [1.29, 1.82) is 0 Å². The number of hydrogen-bond donors (Lipinski definition) is 2. The van der Waals surface area contributed by atoms with E-state index in [9.17, 15) is 19.2 Å². The van der Waals surface area contributed by atoms with Crippen LogP contribution in [0.5, 0.6) is 11.8 Å². The number of rotatable bonds is 10. The fourth-order valence-corrected chi connectivity index (χ4v) is 7.93. The predicted octanol–water partition coefficient (Wildman–Crippen LogP) is 7.06. The summed E-state index contributed by atoms with van der Waals surface area (Å²) < 4.78 is 13.8. The Morgan fingerprint density at radius 3 is 1.31 bits per heavy atom. The molecule has 16 heteroatoms. The molecule has 2 N–H and O–H groups in total. The first-order valence-corrected chi connectivity index (χ1v) is 21.3. The highest BCUT2D eigenvalue weighted by molar-refractivity contribution is 6.31. The lowest BCUT2D eigenvalue weighted by atomic mass is 9.93. The molecule has 2 aliphatic rings.